The predicted molar refractivity (Wildman–Crippen MR) is 121 cm³/mol. The van der Waals surface area contributed by atoms with Crippen LogP contribution in [0.2, 0.25) is 0 Å². The van der Waals surface area contributed by atoms with Gasteiger partial charge in [-0.25, -0.2) is 0 Å². The lowest BCUT2D eigenvalue weighted by molar-refractivity contribution is -0.121. The van der Waals surface area contributed by atoms with Gasteiger partial charge in [-0.3, -0.25) is 4.79 Å². The van der Waals surface area contributed by atoms with Crippen molar-refractivity contribution in [3.63, 3.8) is 0 Å². The average Bonchev–Trinajstić information content (AvgIpc) is 2.71. The van der Waals surface area contributed by atoms with E-state index in [0.717, 1.165) is 31.2 Å². The van der Waals surface area contributed by atoms with Crippen molar-refractivity contribution in [1.29, 1.82) is 0 Å². The zero-order chi connectivity index (χ0) is 21.2. The number of hydrogen-bond donors (Lipinski definition) is 3. The van der Waals surface area contributed by atoms with E-state index in [1.54, 1.807) is 6.07 Å². The number of benzene rings is 1. The fourth-order valence-corrected chi connectivity index (χ4v) is 3.07. The van der Waals surface area contributed by atoms with E-state index in [1.165, 1.54) is 50.7 Å². The van der Waals surface area contributed by atoms with Crippen LogP contribution in [0.4, 0.5) is 0 Å². The molecule has 0 saturated carbocycles. The summed E-state index contributed by atoms with van der Waals surface area (Å²) >= 11 is 0. The molecule has 4 nitrogen and oxygen atoms in total. The van der Waals surface area contributed by atoms with Crippen LogP contribution in [0.5, 0.6) is 11.5 Å². The molecule has 1 rings (SSSR count). The third-order valence-corrected chi connectivity index (χ3v) is 4.88. The lowest BCUT2D eigenvalue weighted by atomic mass is 10.1. The number of aromatic hydroxyl groups is 2. The van der Waals surface area contributed by atoms with Crippen molar-refractivity contribution in [3.8, 4) is 11.5 Å². The molecule has 0 radical (unpaired) electrons. The third-order valence-electron chi connectivity index (χ3n) is 4.88. The fraction of sp³-hybridized carbons (Fsp3) is 0.560. The second kappa shape index (κ2) is 16.7. The molecule has 0 aliphatic carbocycles. The van der Waals surface area contributed by atoms with E-state index in [2.05, 4.69) is 36.5 Å². The molecule has 1 amide bonds. The van der Waals surface area contributed by atoms with E-state index in [1.807, 2.05) is 0 Å². The number of nitrogens with one attached hydrogen (secondary N) is 1. The third kappa shape index (κ3) is 13.6. The maximum Gasteiger partial charge on any atom is 0.220 e. The van der Waals surface area contributed by atoms with Crippen molar-refractivity contribution < 1.29 is 15.0 Å². The van der Waals surface area contributed by atoms with Gasteiger partial charge in [-0.2, -0.15) is 0 Å². The van der Waals surface area contributed by atoms with Gasteiger partial charge in [0.2, 0.25) is 5.91 Å². The Morgan fingerprint density at radius 1 is 0.897 bits per heavy atom. The molecule has 1 aromatic rings. The molecular weight excluding hydrogens is 362 g/mol. The lowest BCUT2D eigenvalue weighted by Gasteiger charge is -2.06. The van der Waals surface area contributed by atoms with Gasteiger partial charge in [-0.15, -0.1) is 0 Å². The van der Waals surface area contributed by atoms with Gasteiger partial charge in [0.05, 0.1) is 0 Å². The highest BCUT2D eigenvalue weighted by atomic mass is 16.3. The number of rotatable bonds is 16. The maximum absolute atomic E-state index is 11.9. The first-order valence-corrected chi connectivity index (χ1v) is 11.2. The topological polar surface area (TPSA) is 69.6 Å². The van der Waals surface area contributed by atoms with Crippen LogP contribution in [0.25, 0.3) is 0 Å². The molecule has 0 aromatic heterocycles. The molecule has 4 heteroatoms. The van der Waals surface area contributed by atoms with Crippen LogP contribution < -0.4 is 5.32 Å². The Morgan fingerprint density at radius 3 is 2.31 bits per heavy atom. The first-order valence-electron chi connectivity index (χ1n) is 11.2. The molecule has 0 aliphatic heterocycles. The largest absolute Gasteiger partial charge is 0.504 e. The van der Waals surface area contributed by atoms with Gasteiger partial charge in [0.1, 0.15) is 0 Å². The molecule has 162 valence electrons. The van der Waals surface area contributed by atoms with Crippen molar-refractivity contribution in [1.82, 2.24) is 5.32 Å². The van der Waals surface area contributed by atoms with Crippen molar-refractivity contribution in [2.24, 2.45) is 0 Å². The molecule has 0 unspecified atom stereocenters. The summed E-state index contributed by atoms with van der Waals surface area (Å²) in [6, 6.07) is 4.75. The highest BCUT2D eigenvalue weighted by molar-refractivity contribution is 5.75. The minimum Gasteiger partial charge on any atom is -0.504 e. The van der Waals surface area contributed by atoms with Crippen LogP contribution in [0, 0.1) is 0 Å². The summed E-state index contributed by atoms with van der Waals surface area (Å²) in [5.74, 6) is -0.157. The Balaban J connectivity index is 1.92. The SMILES string of the molecule is CCCC/C=C\C/C=C\CCCCCCCC(=O)NCCc1ccc(O)c(O)c1. The molecule has 0 bridgehead atoms. The summed E-state index contributed by atoms with van der Waals surface area (Å²) < 4.78 is 0. The second-order valence-electron chi connectivity index (χ2n) is 7.55. The van der Waals surface area contributed by atoms with Crippen LogP contribution in [-0.4, -0.2) is 22.7 Å². The number of unbranched alkanes of at least 4 members (excludes halogenated alkanes) is 7. The number of phenols is 2. The van der Waals surface area contributed by atoms with Gasteiger partial charge in [-0.1, -0.05) is 69.4 Å². The number of carbonyl (C=O) groups excluding carboxylic acids is 1. The Morgan fingerprint density at radius 2 is 1.59 bits per heavy atom. The first kappa shape index (κ1) is 24.8. The van der Waals surface area contributed by atoms with Gasteiger partial charge < -0.3 is 15.5 Å². The maximum atomic E-state index is 11.9. The number of phenolic OH excluding ortho intramolecular Hbond substituents is 2. The van der Waals surface area contributed by atoms with Crippen molar-refractivity contribution in [2.45, 2.75) is 84.0 Å². The normalized spacial score (nSPS) is 11.5. The fourth-order valence-electron chi connectivity index (χ4n) is 3.07. The van der Waals surface area contributed by atoms with Gasteiger partial charge >= 0.3 is 0 Å². The Hall–Kier alpha value is -2.23. The lowest BCUT2D eigenvalue weighted by Crippen LogP contribution is -2.25. The van der Waals surface area contributed by atoms with Crippen molar-refractivity contribution >= 4 is 5.91 Å². The highest BCUT2D eigenvalue weighted by Crippen LogP contribution is 2.24. The van der Waals surface area contributed by atoms with E-state index >= 15 is 0 Å². The van der Waals surface area contributed by atoms with Crippen LogP contribution in [-0.2, 0) is 11.2 Å². The number of carbonyl (C=O) groups is 1. The van der Waals surface area contributed by atoms with Crippen molar-refractivity contribution in [2.75, 3.05) is 6.54 Å². The van der Waals surface area contributed by atoms with Crippen LogP contribution in [0.3, 0.4) is 0 Å². The Bertz CT molecular complexity index is 622. The molecule has 0 aliphatic rings. The van der Waals surface area contributed by atoms with Gasteiger partial charge in [0, 0.05) is 13.0 Å². The molecule has 0 fully saturated rings. The molecule has 1 aromatic carbocycles. The van der Waals surface area contributed by atoms with Crippen LogP contribution in [0.15, 0.2) is 42.5 Å². The molecule has 3 N–H and O–H groups in total. The molecular formula is C25H39NO3. The molecule has 29 heavy (non-hydrogen) atoms. The summed E-state index contributed by atoms with van der Waals surface area (Å²) in [6.07, 6.45) is 21.9. The standard InChI is InChI=1S/C25H39NO3/c1-2-3-4-5-6-7-8-9-10-11-12-13-14-15-16-25(29)26-20-19-22-17-18-23(27)24(28)21-22/h5-6,8-9,17-18,21,27-28H,2-4,7,10-16,19-20H2,1H3,(H,26,29)/b6-5-,9-8-. The zero-order valence-corrected chi connectivity index (χ0v) is 18.0. The van der Waals surface area contributed by atoms with Crippen molar-refractivity contribution in [3.05, 3.63) is 48.1 Å². The van der Waals surface area contributed by atoms with Gasteiger partial charge in [0.15, 0.2) is 11.5 Å². The minimum absolute atomic E-state index is 0.0860. The predicted octanol–water partition coefficient (Wildman–Crippen LogP) is 6.18. The smallest absolute Gasteiger partial charge is 0.220 e. The van der Waals surface area contributed by atoms with Gasteiger partial charge in [-0.05, 0) is 56.2 Å². The molecule has 0 atom stereocenters. The highest BCUT2D eigenvalue weighted by Gasteiger charge is 2.03. The monoisotopic (exact) mass is 401 g/mol. The molecule has 0 saturated heterocycles. The molecule has 0 heterocycles. The van der Waals surface area contributed by atoms with E-state index in [4.69, 9.17) is 0 Å². The van der Waals surface area contributed by atoms with E-state index in [9.17, 15) is 15.0 Å². The zero-order valence-electron chi connectivity index (χ0n) is 18.0. The van der Waals surface area contributed by atoms with E-state index < -0.39 is 0 Å². The minimum atomic E-state index is -0.122. The summed E-state index contributed by atoms with van der Waals surface area (Å²) in [7, 11) is 0. The van der Waals surface area contributed by atoms with Crippen LogP contribution in [0.1, 0.15) is 83.1 Å². The molecule has 0 spiro atoms. The number of allylic oxidation sites excluding steroid dienone is 4. The quantitative estimate of drug-likeness (QED) is 0.176. The summed E-state index contributed by atoms with van der Waals surface area (Å²) in [5, 5.41) is 21.7. The van der Waals surface area contributed by atoms with E-state index in [0.29, 0.717) is 19.4 Å². The van der Waals surface area contributed by atoms with E-state index in [-0.39, 0.29) is 17.4 Å². The summed E-state index contributed by atoms with van der Waals surface area (Å²) in [6.45, 7) is 2.76. The summed E-state index contributed by atoms with van der Waals surface area (Å²) in [4.78, 5) is 11.9. The second-order valence-corrected chi connectivity index (χ2v) is 7.55. The Labute approximate surface area is 176 Å². The first-order chi connectivity index (χ1) is 14.1. The van der Waals surface area contributed by atoms with Gasteiger partial charge in [0.25, 0.3) is 0 Å². The summed E-state index contributed by atoms with van der Waals surface area (Å²) in [5.41, 5.74) is 0.891. The van der Waals surface area contributed by atoms with Crippen LogP contribution >= 0.6 is 0 Å². The number of amides is 1. The number of hydrogen-bond acceptors (Lipinski definition) is 3. The average molecular weight is 402 g/mol. The Kier molecular flexibility index (Phi) is 14.3.